The highest BCUT2D eigenvalue weighted by atomic mass is 16.5. The van der Waals surface area contributed by atoms with E-state index in [1.807, 2.05) is 13.0 Å². The quantitative estimate of drug-likeness (QED) is 0.749. The van der Waals surface area contributed by atoms with Gasteiger partial charge in [0.2, 0.25) is 0 Å². The van der Waals surface area contributed by atoms with Crippen LogP contribution in [-0.2, 0) is 0 Å². The van der Waals surface area contributed by atoms with Gasteiger partial charge in [-0.3, -0.25) is 0 Å². The molecule has 2 N–H and O–H groups in total. The summed E-state index contributed by atoms with van der Waals surface area (Å²) in [5.41, 5.74) is 1.94. The Hall–Kier alpha value is -1.48. The number of fused-ring (bicyclic) bond motifs is 3. The smallest absolute Gasteiger partial charge is 0.132 e. The highest BCUT2D eigenvalue weighted by Gasteiger charge is 2.47. The van der Waals surface area contributed by atoms with Crippen molar-refractivity contribution in [3.63, 3.8) is 0 Å². The Morgan fingerprint density at radius 1 is 1.39 bits per heavy atom. The van der Waals surface area contributed by atoms with Crippen LogP contribution in [0.25, 0.3) is 0 Å². The second kappa shape index (κ2) is 4.02. The second-order valence-corrected chi connectivity index (χ2v) is 5.39. The van der Waals surface area contributed by atoms with E-state index in [1.54, 1.807) is 12.1 Å². The monoisotopic (exact) mass is 246 g/mol. The Morgan fingerprint density at radius 3 is 2.89 bits per heavy atom. The predicted octanol–water partition coefficient (Wildman–Crippen LogP) is 2.58. The largest absolute Gasteiger partial charge is 0.508 e. The summed E-state index contributed by atoms with van der Waals surface area (Å²) in [6, 6.07) is 5.31. The van der Waals surface area contributed by atoms with E-state index in [0.29, 0.717) is 5.75 Å². The topological polar surface area (TPSA) is 49.7 Å². The molecule has 1 aliphatic carbocycles. The second-order valence-electron chi connectivity index (χ2n) is 5.39. The number of hydrogen-bond acceptors (Lipinski definition) is 3. The van der Waals surface area contributed by atoms with E-state index in [0.717, 1.165) is 24.0 Å². The molecule has 1 heterocycles. The molecule has 3 heteroatoms. The number of benzene rings is 1. The Labute approximate surface area is 107 Å². The van der Waals surface area contributed by atoms with Gasteiger partial charge in [-0.25, -0.2) is 0 Å². The Morgan fingerprint density at radius 2 is 2.17 bits per heavy atom. The van der Waals surface area contributed by atoms with Crippen molar-refractivity contribution in [1.29, 1.82) is 0 Å². The van der Waals surface area contributed by atoms with Crippen LogP contribution in [0.1, 0.15) is 31.2 Å². The number of hydrogen-bond donors (Lipinski definition) is 2. The molecule has 18 heavy (non-hydrogen) atoms. The van der Waals surface area contributed by atoms with Gasteiger partial charge in [0.1, 0.15) is 17.6 Å². The molecule has 2 aliphatic rings. The van der Waals surface area contributed by atoms with Crippen LogP contribution < -0.4 is 4.74 Å². The van der Waals surface area contributed by atoms with Crippen LogP contribution in [0.5, 0.6) is 11.5 Å². The van der Waals surface area contributed by atoms with Crippen LogP contribution >= 0.6 is 0 Å². The first kappa shape index (κ1) is 11.6. The number of phenols is 1. The van der Waals surface area contributed by atoms with E-state index in [1.165, 1.54) is 0 Å². The summed E-state index contributed by atoms with van der Waals surface area (Å²) in [6.07, 6.45) is 0.920. The molecule has 0 spiro atoms. The van der Waals surface area contributed by atoms with Crippen molar-refractivity contribution in [2.24, 2.45) is 5.92 Å². The molecule has 0 aromatic heterocycles. The molecule has 96 valence electrons. The van der Waals surface area contributed by atoms with Crippen LogP contribution in [-0.4, -0.2) is 22.4 Å². The van der Waals surface area contributed by atoms with E-state index in [2.05, 4.69) is 6.58 Å². The molecule has 4 unspecified atom stereocenters. The number of rotatable bonds is 1. The normalized spacial score (nSPS) is 33.4. The Kier molecular flexibility index (Phi) is 2.59. The molecule has 0 saturated heterocycles. The summed E-state index contributed by atoms with van der Waals surface area (Å²) in [5.74, 6) is 1.27. The van der Waals surface area contributed by atoms with Gasteiger partial charge in [0.15, 0.2) is 0 Å². The van der Waals surface area contributed by atoms with Gasteiger partial charge >= 0.3 is 0 Å². The minimum atomic E-state index is -0.461. The fourth-order valence-electron chi connectivity index (χ4n) is 3.35. The first-order chi connectivity index (χ1) is 8.59. The number of aliphatic hydroxyl groups is 1. The number of ether oxygens (including phenoxy) is 1. The maximum Gasteiger partial charge on any atom is 0.132 e. The number of aromatic hydroxyl groups is 1. The number of allylic oxidation sites excluding steroid dienone is 1. The fourth-order valence-corrected chi connectivity index (χ4v) is 3.35. The number of phenolic OH excluding ortho intramolecular Hbond substituents is 1. The fraction of sp³-hybridized carbons (Fsp3) is 0.467. The lowest BCUT2D eigenvalue weighted by atomic mass is 9.71. The van der Waals surface area contributed by atoms with Crippen molar-refractivity contribution < 1.29 is 14.9 Å². The molecular formula is C15H18O3. The van der Waals surface area contributed by atoms with Crippen LogP contribution in [0.3, 0.4) is 0 Å². The lowest BCUT2D eigenvalue weighted by Gasteiger charge is -2.36. The van der Waals surface area contributed by atoms with Crippen LogP contribution in [0.4, 0.5) is 0 Å². The molecule has 1 aliphatic heterocycles. The summed E-state index contributed by atoms with van der Waals surface area (Å²) in [4.78, 5) is 0. The maximum absolute atomic E-state index is 10.1. The first-order valence-electron chi connectivity index (χ1n) is 6.41. The van der Waals surface area contributed by atoms with Crippen molar-refractivity contribution in [2.75, 3.05) is 0 Å². The molecule has 1 aromatic carbocycles. The lowest BCUT2D eigenvalue weighted by molar-refractivity contribution is -0.00404. The highest BCUT2D eigenvalue weighted by Crippen LogP contribution is 2.53. The molecule has 3 rings (SSSR count). The summed E-state index contributed by atoms with van der Waals surface area (Å²) in [5, 5.41) is 20.2. The Bertz CT molecular complexity index is 495. The summed E-state index contributed by atoms with van der Waals surface area (Å²) < 4.78 is 5.83. The van der Waals surface area contributed by atoms with E-state index in [-0.39, 0.29) is 23.7 Å². The van der Waals surface area contributed by atoms with E-state index < -0.39 is 6.10 Å². The predicted molar refractivity (Wildman–Crippen MR) is 68.8 cm³/mol. The molecule has 3 nitrogen and oxygen atoms in total. The molecule has 0 amide bonds. The minimum absolute atomic E-state index is 0.0300. The molecular weight excluding hydrogens is 228 g/mol. The first-order valence-corrected chi connectivity index (χ1v) is 6.41. The standard InChI is InChI=1S/C15H18O3/c1-8(2)9-6-7-11(17)15-13(9)14-10(16)4-3-5-12(14)18-15/h3-5,9,11,13,15-17H,1,6-7H2,2H3. The van der Waals surface area contributed by atoms with Crippen LogP contribution in [0.15, 0.2) is 30.4 Å². The van der Waals surface area contributed by atoms with Crippen LogP contribution in [0.2, 0.25) is 0 Å². The number of aliphatic hydroxyl groups excluding tert-OH is 1. The lowest BCUT2D eigenvalue weighted by Crippen LogP contribution is -2.41. The molecule has 4 atom stereocenters. The van der Waals surface area contributed by atoms with Crippen molar-refractivity contribution in [2.45, 2.75) is 37.9 Å². The average Bonchev–Trinajstić information content (AvgIpc) is 2.70. The zero-order valence-electron chi connectivity index (χ0n) is 10.5. The van der Waals surface area contributed by atoms with Crippen molar-refractivity contribution in [1.82, 2.24) is 0 Å². The summed E-state index contributed by atoms with van der Waals surface area (Å²) in [7, 11) is 0. The molecule has 1 fully saturated rings. The molecule has 1 saturated carbocycles. The van der Waals surface area contributed by atoms with Gasteiger partial charge in [0.25, 0.3) is 0 Å². The van der Waals surface area contributed by atoms with Crippen molar-refractivity contribution in [3.8, 4) is 11.5 Å². The maximum atomic E-state index is 10.1. The van der Waals surface area contributed by atoms with Crippen LogP contribution in [0, 0.1) is 5.92 Å². The minimum Gasteiger partial charge on any atom is -0.508 e. The third kappa shape index (κ3) is 1.54. The Balaban J connectivity index is 2.09. The van der Waals surface area contributed by atoms with Gasteiger partial charge in [-0.2, -0.15) is 0 Å². The molecule has 0 radical (unpaired) electrons. The van der Waals surface area contributed by atoms with Gasteiger partial charge < -0.3 is 14.9 Å². The average molecular weight is 246 g/mol. The van der Waals surface area contributed by atoms with Gasteiger partial charge in [0.05, 0.1) is 6.10 Å². The third-order valence-electron chi connectivity index (χ3n) is 4.21. The zero-order valence-corrected chi connectivity index (χ0v) is 10.5. The van der Waals surface area contributed by atoms with Gasteiger partial charge in [-0.15, -0.1) is 0 Å². The van der Waals surface area contributed by atoms with Crippen molar-refractivity contribution in [3.05, 3.63) is 35.9 Å². The van der Waals surface area contributed by atoms with Gasteiger partial charge in [-0.05, 0) is 37.8 Å². The summed E-state index contributed by atoms with van der Waals surface area (Å²) in [6.45, 7) is 6.06. The van der Waals surface area contributed by atoms with E-state index in [9.17, 15) is 10.2 Å². The van der Waals surface area contributed by atoms with Gasteiger partial charge in [-0.1, -0.05) is 18.2 Å². The van der Waals surface area contributed by atoms with Crippen molar-refractivity contribution >= 4 is 0 Å². The SMILES string of the molecule is C=C(C)C1CCC(O)C2Oc3cccc(O)c3C12. The van der Waals surface area contributed by atoms with E-state index in [4.69, 9.17) is 4.74 Å². The zero-order chi connectivity index (χ0) is 12.9. The summed E-state index contributed by atoms with van der Waals surface area (Å²) >= 11 is 0. The molecule has 0 bridgehead atoms. The van der Waals surface area contributed by atoms with E-state index >= 15 is 0 Å². The molecule has 1 aromatic rings. The third-order valence-corrected chi connectivity index (χ3v) is 4.21. The highest BCUT2D eigenvalue weighted by molar-refractivity contribution is 5.51. The van der Waals surface area contributed by atoms with Gasteiger partial charge in [0, 0.05) is 11.5 Å².